The van der Waals surface area contributed by atoms with E-state index in [-0.39, 0.29) is 44.8 Å². The van der Waals surface area contributed by atoms with Crippen molar-refractivity contribution < 1.29 is 43.7 Å². The van der Waals surface area contributed by atoms with E-state index in [0.29, 0.717) is 49.4 Å². The number of aryl methyl sites for hydroxylation is 1. The van der Waals surface area contributed by atoms with Crippen molar-refractivity contribution in [3.63, 3.8) is 0 Å². The number of esters is 1. The third-order valence-electron chi connectivity index (χ3n) is 13.5. The summed E-state index contributed by atoms with van der Waals surface area (Å²) in [6, 6.07) is 10.2. The van der Waals surface area contributed by atoms with Gasteiger partial charge in [0.05, 0.1) is 31.5 Å². The molecule has 4 N–H and O–H groups in total. The van der Waals surface area contributed by atoms with Crippen LogP contribution < -0.4 is 15.5 Å². The number of nitrogens with zero attached hydrogens (tertiary/aromatic N) is 6. The molecule has 2 fully saturated rings. The molecule has 0 unspecified atom stereocenters. The lowest BCUT2D eigenvalue weighted by molar-refractivity contribution is -0.156. The Bertz CT molecular complexity index is 2640. The van der Waals surface area contributed by atoms with E-state index in [2.05, 4.69) is 65.8 Å². The number of aliphatic hydroxyl groups is 1. The van der Waals surface area contributed by atoms with E-state index in [1.165, 1.54) is 21.9 Å². The van der Waals surface area contributed by atoms with Gasteiger partial charge in [0.2, 0.25) is 17.7 Å². The number of phenolic OH excluding ortho intramolecular Hbond substituents is 1. The number of β-amino-alcohol motifs (C(OH)–C–C–N with tert-alkyl or cyclic N) is 1. The van der Waals surface area contributed by atoms with Crippen molar-refractivity contribution in [2.75, 3.05) is 54.5 Å². The Morgan fingerprint density at radius 3 is 2.52 bits per heavy atom. The van der Waals surface area contributed by atoms with Crippen LogP contribution in [-0.4, -0.2) is 147 Å². The molecule has 370 valence electrons. The molecule has 6 bridgehead atoms. The summed E-state index contributed by atoms with van der Waals surface area (Å²) in [5, 5.41) is 28.1. The maximum absolute atomic E-state index is 14.8. The Balaban J connectivity index is 1.32. The van der Waals surface area contributed by atoms with E-state index in [1.807, 2.05) is 32.4 Å². The maximum Gasteiger partial charge on any atom is 0.324 e. The first-order chi connectivity index (χ1) is 32.7. The Hall–Kier alpha value is -6.30. The number of benzene rings is 2. The number of nitrogens with one attached hydrogen (secondary N) is 2. The van der Waals surface area contributed by atoms with Gasteiger partial charge in [0, 0.05) is 68.6 Å². The van der Waals surface area contributed by atoms with Gasteiger partial charge in [-0.15, -0.1) is 0 Å². The number of methoxy groups -OCH3 is 1. The van der Waals surface area contributed by atoms with Crippen LogP contribution in [0, 0.1) is 11.3 Å². The minimum absolute atomic E-state index is 0.0259. The molecule has 0 spiro atoms. The van der Waals surface area contributed by atoms with Crippen LogP contribution in [0.2, 0.25) is 0 Å². The number of hydrogen-bond acceptors (Lipinski definition) is 12. The second-order valence-corrected chi connectivity index (χ2v) is 20.2. The zero-order valence-electron chi connectivity index (χ0n) is 41.4. The molecular weight excluding hydrogens is 881 g/mol. The van der Waals surface area contributed by atoms with Gasteiger partial charge < -0.3 is 44.3 Å². The smallest absolute Gasteiger partial charge is 0.324 e. The van der Waals surface area contributed by atoms with Crippen LogP contribution >= 0.6 is 0 Å². The molecule has 2 aromatic carbocycles. The monoisotopic (exact) mass is 949 g/mol. The number of carbonyl (C=O) groups excluding carboxylic acids is 5. The normalized spacial score (nSPS) is 21.2. The molecule has 2 saturated heterocycles. The summed E-state index contributed by atoms with van der Waals surface area (Å²) in [6.07, 6.45) is 4.23. The van der Waals surface area contributed by atoms with Crippen molar-refractivity contribution in [3.05, 3.63) is 78.0 Å². The van der Waals surface area contributed by atoms with E-state index in [1.54, 1.807) is 33.1 Å². The second kappa shape index (κ2) is 20.3. The van der Waals surface area contributed by atoms with E-state index in [0.717, 1.165) is 44.9 Å². The molecule has 3 aliphatic rings. The number of carbonyl (C=O) groups is 5. The number of hydrazine groups is 1. The van der Waals surface area contributed by atoms with Crippen LogP contribution in [0.4, 0.5) is 0 Å². The number of likely N-dealkylation sites (tertiary alicyclic amines) is 1. The summed E-state index contributed by atoms with van der Waals surface area (Å²) in [5.41, 5.74) is 7.36. The van der Waals surface area contributed by atoms with Crippen molar-refractivity contribution in [3.8, 4) is 34.0 Å². The van der Waals surface area contributed by atoms with Crippen LogP contribution in [0.1, 0.15) is 70.6 Å². The number of rotatable bonds is 11. The predicted octanol–water partition coefficient (Wildman–Crippen LogP) is 4.45. The molecule has 3 aliphatic heterocycles. The quantitative estimate of drug-likeness (QED) is 0.122. The number of ether oxygens (including phenoxy) is 2. The fraction of sp³-hybridized carbons (Fsp3) is 0.500. The van der Waals surface area contributed by atoms with Crippen LogP contribution in [-0.2, 0) is 54.6 Å². The van der Waals surface area contributed by atoms with Crippen LogP contribution in [0.5, 0.6) is 11.6 Å². The van der Waals surface area contributed by atoms with Gasteiger partial charge in [-0.25, -0.2) is 10.4 Å². The van der Waals surface area contributed by atoms with Crippen molar-refractivity contribution >= 4 is 40.5 Å². The Morgan fingerprint density at radius 2 is 1.84 bits per heavy atom. The Labute approximate surface area is 404 Å². The second-order valence-electron chi connectivity index (χ2n) is 20.2. The molecule has 4 aromatic rings. The number of hydrogen-bond donors (Lipinski definition) is 4. The summed E-state index contributed by atoms with van der Waals surface area (Å²) in [5.74, 6) is -2.89. The summed E-state index contributed by atoms with van der Waals surface area (Å²) in [6.45, 7) is 14.7. The highest BCUT2D eigenvalue weighted by Gasteiger charge is 2.48. The first-order valence-corrected chi connectivity index (χ1v) is 23.8. The summed E-state index contributed by atoms with van der Waals surface area (Å²) >= 11 is 0. The number of phenols is 1. The van der Waals surface area contributed by atoms with Gasteiger partial charge in [0.25, 0.3) is 11.8 Å². The van der Waals surface area contributed by atoms with E-state index in [9.17, 15) is 34.2 Å². The minimum Gasteiger partial charge on any atom is -0.508 e. The molecule has 2 aromatic heterocycles. The van der Waals surface area contributed by atoms with Crippen molar-refractivity contribution in [1.82, 2.24) is 40.0 Å². The fourth-order valence-corrected chi connectivity index (χ4v) is 10.2. The third-order valence-corrected chi connectivity index (χ3v) is 13.5. The number of cyclic esters (lactones) is 1. The van der Waals surface area contributed by atoms with Gasteiger partial charge in [-0.05, 0) is 110 Å². The number of aromatic nitrogens is 2. The van der Waals surface area contributed by atoms with Gasteiger partial charge in [0.1, 0.15) is 23.9 Å². The van der Waals surface area contributed by atoms with Crippen LogP contribution in [0.25, 0.3) is 33.3 Å². The highest BCUT2D eigenvalue weighted by Crippen LogP contribution is 2.43. The number of pyridine rings is 1. The van der Waals surface area contributed by atoms with Gasteiger partial charge in [-0.3, -0.25) is 29.0 Å². The van der Waals surface area contributed by atoms with Crippen LogP contribution in [0.15, 0.2) is 61.3 Å². The molecule has 69 heavy (non-hydrogen) atoms. The molecule has 17 nitrogen and oxygen atoms in total. The predicted molar refractivity (Wildman–Crippen MR) is 262 cm³/mol. The molecule has 0 aliphatic carbocycles. The first-order valence-electron chi connectivity index (χ1n) is 23.8. The molecular formula is C52H68N8O9. The van der Waals surface area contributed by atoms with E-state index < -0.39 is 64.7 Å². The molecule has 4 atom stereocenters. The molecule has 0 saturated carbocycles. The lowest BCUT2D eigenvalue weighted by Gasteiger charge is -2.37. The largest absolute Gasteiger partial charge is 0.508 e. The van der Waals surface area contributed by atoms with Gasteiger partial charge in [0.15, 0.2) is 5.60 Å². The zero-order valence-corrected chi connectivity index (χ0v) is 41.4. The topological polar surface area (TPSA) is 199 Å². The average molecular weight is 949 g/mol. The van der Waals surface area contributed by atoms with E-state index in [4.69, 9.17) is 14.5 Å². The Morgan fingerprint density at radius 1 is 1.09 bits per heavy atom. The molecule has 4 amide bonds. The highest BCUT2D eigenvalue weighted by atomic mass is 16.5. The summed E-state index contributed by atoms with van der Waals surface area (Å²) < 4.78 is 14.3. The molecule has 7 rings (SSSR count). The molecule has 0 radical (unpaired) electrons. The number of amides is 4. The molecule has 5 heterocycles. The average Bonchev–Trinajstić information content (AvgIpc) is 3.86. The Kier molecular flexibility index (Phi) is 14.9. The third kappa shape index (κ3) is 10.6. The summed E-state index contributed by atoms with van der Waals surface area (Å²) in [4.78, 5) is 79.0. The zero-order chi connectivity index (χ0) is 50.1. The number of fused-ring (bicyclic) bond motifs is 6. The van der Waals surface area contributed by atoms with Crippen molar-refractivity contribution in [1.29, 1.82) is 0 Å². The lowest BCUT2D eigenvalue weighted by atomic mass is 9.84. The first kappa shape index (κ1) is 50.6. The highest BCUT2D eigenvalue weighted by molar-refractivity contribution is 5.97. The fourth-order valence-electron chi connectivity index (χ4n) is 10.2. The lowest BCUT2D eigenvalue weighted by Crippen LogP contribution is -2.63. The minimum atomic E-state index is -1.93. The van der Waals surface area contributed by atoms with Gasteiger partial charge in [-0.2, -0.15) is 0 Å². The van der Waals surface area contributed by atoms with Crippen molar-refractivity contribution in [2.24, 2.45) is 11.3 Å². The number of likely N-dealkylation sites (N-methyl/N-ethyl adjacent to an activating group) is 1. The van der Waals surface area contributed by atoms with Gasteiger partial charge >= 0.3 is 5.97 Å². The maximum atomic E-state index is 14.8. The SMILES string of the molecule is C=CC(=O)N1CC[C@](O)(C(=O)N(C)[C@H](C(=O)N[C@H]2Cc3cc(O)cc(c3)-c3ccc4c(c3)c(c(-c3cc(CN(C)C)cnc3OC)n4CC)CC(C)(C)COC(=O)[C@@H]3CCCN(N3)C2=O)C(C)C)C1. The standard InChI is InChI=1S/C52H68N8O9/c1-11-43(62)58-19-17-52(67,29-58)50(66)57(9)44(31(3)4)46(63)54-41-23-32-20-35(24-36(61)21-32)34-15-16-42-37(25-34)39(26-51(5,6)30-69-49(65)40-14-13-18-60(55-40)48(41)64)45(59(42)12-2)38-22-33(28-56(7)8)27-53-47(38)68-10/h11,15-16,20-22,24-25,27,31,40-41,44,55,61,67H,1,12-14,17-19,23,26,28-30H2,2-10H3,(H,54,63)/t40-,41-,44-,52+/m0/s1. The van der Waals surface area contributed by atoms with E-state index >= 15 is 0 Å². The summed E-state index contributed by atoms with van der Waals surface area (Å²) in [7, 11) is 7.06. The van der Waals surface area contributed by atoms with Crippen molar-refractivity contribution in [2.45, 2.75) is 104 Å². The molecule has 17 heteroatoms. The number of aromatic hydroxyl groups is 1. The van der Waals surface area contributed by atoms with Gasteiger partial charge in [-0.1, -0.05) is 46.4 Å². The van der Waals surface area contributed by atoms with Crippen LogP contribution in [0.3, 0.4) is 0 Å².